The maximum atomic E-state index is 11.6. The summed E-state index contributed by atoms with van der Waals surface area (Å²) in [4.78, 5) is 10.5. The van der Waals surface area contributed by atoms with Crippen molar-refractivity contribution in [2.24, 2.45) is 0 Å². The molecule has 90 valence electrons. The summed E-state index contributed by atoms with van der Waals surface area (Å²) in [5.41, 5.74) is 0. The standard InChI is InChI=1S/C8H17NO5S/c1-7(8(10)11)15(12,13)9(2)5-4-6-14-3/h7H,4-6H2,1-3H3,(H,10,11). The summed E-state index contributed by atoms with van der Waals surface area (Å²) >= 11 is 0. The second-order valence-electron chi connectivity index (χ2n) is 3.19. The summed E-state index contributed by atoms with van der Waals surface area (Å²) in [6.45, 7) is 1.86. The first-order chi connectivity index (χ1) is 6.84. The van der Waals surface area contributed by atoms with Gasteiger partial charge in [0.25, 0.3) is 0 Å². The first kappa shape index (κ1) is 14.3. The molecule has 0 amide bonds. The van der Waals surface area contributed by atoms with E-state index in [1.807, 2.05) is 0 Å². The number of methoxy groups -OCH3 is 1. The lowest BCUT2D eigenvalue weighted by Crippen LogP contribution is -2.39. The van der Waals surface area contributed by atoms with Gasteiger partial charge in [-0.15, -0.1) is 0 Å². The first-order valence-electron chi connectivity index (χ1n) is 4.51. The molecule has 0 saturated heterocycles. The van der Waals surface area contributed by atoms with Crippen molar-refractivity contribution in [2.75, 3.05) is 27.3 Å². The van der Waals surface area contributed by atoms with Gasteiger partial charge < -0.3 is 9.84 Å². The Morgan fingerprint density at radius 2 is 2.07 bits per heavy atom. The molecule has 0 radical (unpaired) electrons. The Labute approximate surface area is 89.9 Å². The lowest BCUT2D eigenvalue weighted by atomic mass is 10.4. The van der Waals surface area contributed by atoms with E-state index >= 15 is 0 Å². The normalized spacial score (nSPS) is 14.1. The molecule has 6 nitrogen and oxygen atoms in total. The van der Waals surface area contributed by atoms with Crippen LogP contribution in [-0.2, 0) is 19.6 Å². The molecule has 0 rings (SSSR count). The van der Waals surface area contributed by atoms with Crippen molar-refractivity contribution in [1.82, 2.24) is 4.31 Å². The summed E-state index contributed by atoms with van der Waals surface area (Å²) < 4.78 is 29.0. The molecule has 0 fully saturated rings. The molecule has 0 saturated carbocycles. The van der Waals surface area contributed by atoms with Crippen LogP contribution in [0.4, 0.5) is 0 Å². The summed E-state index contributed by atoms with van der Waals surface area (Å²) in [6.07, 6.45) is 0.540. The molecule has 1 N–H and O–H groups in total. The van der Waals surface area contributed by atoms with Gasteiger partial charge >= 0.3 is 5.97 Å². The number of sulfonamides is 1. The number of carboxylic acids is 1. The van der Waals surface area contributed by atoms with E-state index in [1.54, 1.807) is 0 Å². The molecule has 0 aliphatic rings. The SMILES string of the molecule is COCCCN(C)S(=O)(=O)C(C)C(=O)O. The molecule has 0 aromatic rings. The third-order valence-corrected chi connectivity index (χ3v) is 4.20. The Morgan fingerprint density at radius 3 is 2.47 bits per heavy atom. The van der Waals surface area contributed by atoms with Gasteiger partial charge in [-0.1, -0.05) is 0 Å². The zero-order valence-corrected chi connectivity index (χ0v) is 9.95. The van der Waals surface area contributed by atoms with Gasteiger partial charge in [0.15, 0.2) is 5.25 Å². The highest BCUT2D eigenvalue weighted by molar-refractivity contribution is 7.90. The number of aliphatic carboxylic acids is 1. The van der Waals surface area contributed by atoms with Gasteiger partial charge in [-0.05, 0) is 13.3 Å². The summed E-state index contributed by atoms with van der Waals surface area (Å²) in [7, 11) is -0.853. The smallest absolute Gasteiger partial charge is 0.323 e. The second kappa shape index (κ2) is 6.04. The van der Waals surface area contributed by atoms with E-state index in [9.17, 15) is 13.2 Å². The summed E-state index contributed by atoms with van der Waals surface area (Å²) in [5, 5.41) is 7.20. The Bertz CT molecular complexity index is 300. The van der Waals surface area contributed by atoms with Crippen LogP contribution in [0.1, 0.15) is 13.3 Å². The van der Waals surface area contributed by atoms with Crippen molar-refractivity contribution in [2.45, 2.75) is 18.6 Å². The van der Waals surface area contributed by atoms with E-state index in [0.29, 0.717) is 13.0 Å². The Hall–Kier alpha value is -0.660. The maximum Gasteiger partial charge on any atom is 0.323 e. The number of carbonyl (C=O) groups is 1. The minimum Gasteiger partial charge on any atom is -0.480 e. The number of carboxylic acid groups (broad SMARTS) is 1. The highest BCUT2D eigenvalue weighted by Crippen LogP contribution is 2.07. The predicted molar refractivity (Wildman–Crippen MR) is 55.1 cm³/mol. The van der Waals surface area contributed by atoms with E-state index in [-0.39, 0.29) is 6.54 Å². The Morgan fingerprint density at radius 1 is 1.53 bits per heavy atom. The van der Waals surface area contributed by atoms with Crippen LogP contribution >= 0.6 is 0 Å². The first-order valence-corrected chi connectivity index (χ1v) is 6.01. The topological polar surface area (TPSA) is 83.9 Å². The minimum atomic E-state index is -3.74. The molecule has 0 aliphatic heterocycles. The molecule has 0 aromatic heterocycles. The molecule has 0 aliphatic carbocycles. The molecule has 0 heterocycles. The van der Waals surface area contributed by atoms with Gasteiger partial charge in [-0.3, -0.25) is 4.79 Å². The zero-order chi connectivity index (χ0) is 12.1. The fourth-order valence-electron chi connectivity index (χ4n) is 0.956. The van der Waals surface area contributed by atoms with Crippen molar-refractivity contribution >= 4 is 16.0 Å². The molecule has 1 atom stereocenters. The quantitative estimate of drug-likeness (QED) is 0.620. The van der Waals surface area contributed by atoms with Crippen LogP contribution < -0.4 is 0 Å². The van der Waals surface area contributed by atoms with Gasteiger partial charge in [-0.25, -0.2) is 12.7 Å². The van der Waals surface area contributed by atoms with Crippen LogP contribution in [0.2, 0.25) is 0 Å². The number of hydrogen-bond donors (Lipinski definition) is 1. The monoisotopic (exact) mass is 239 g/mol. The molecule has 0 spiro atoms. The molecule has 7 heteroatoms. The van der Waals surface area contributed by atoms with Crippen molar-refractivity contribution in [3.8, 4) is 0 Å². The highest BCUT2D eigenvalue weighted by Gasteiger charge is 2.31. The lowest BCUT2D eigenvalue weighted by Gasteiger charge is -2.19. The van der Waals surface area contributed by atoms with E-state index in [2.05, 4.69) is 0 Å². The third kappa shape index (κ3) is 4.15. The van der Waals surface area contributed by atoms with E-state index in [4.69, 9.17) is 9.84 Å². The molecule has 0 aromatic carbocycles. The average Bonchev–Trinajstić information content (AvgIpc) is 2.16. The third-order valence-electron chi connectivity index (χ3n) is 2.05. The van der Waals surface area contributed by atoms with Crippen LogP contribution in [0.25, 0.3) is 0 Å². The van der Waals surface area contributed by atoms with E-state index < -0.39 is 21.2 Å². The van der Waals surface area contributed by atoms with E-state index in [0.717, 1.165) is 11.2 Å². The van der Waals surface area contributed by atoms with Crippen molar-refractivity contribution in [1.29, 1.82) is 0 Å². The Kier molecular flexibility index (Phi) is 5.77. The molecule has 0 bridgehead atoms. The number of hydrogen-bond acceptors (Lipinski definition) is 4. The average molecular weight is 239 g/mol. The van der Waals surface area contributed by atoms with Crippen LogP contribution in [-0.4, -0.2) is 56.4 Å². The number of ether oxygens (including phenoxy) is 1. The van der Waals surface area contributed by atoms with Gasteiger partial charge in [0.1, 0.15) is 0 Å². The van der Waals surface area contributed by atoms with Crippen molar-refractivity contribution < 1.29 is 23.1 Å². The van der Waals surface area contributed by atoms with Gasteiger partial charge in [0.05, 0.1) is 0 Å². The van der Waals surface area contributed by atoms with Gasteiger partial charge in [0, 0.05) is 27.3 Å². The minimum absolute atomic E-state index is 0.258. The summed E-state index contributed by atoms with van der Waals surface area (Å²) in [5.74, 6) is -1.34. The molecule has 1 unspecified atom stereocenters. The fourth-order valence-corrected chi connectivity index (χ4v) is 2.13. The Balaban J connectivity index is 4.39. The predicted octanol–water partition coefficient (Wildman–Crippen LogP) is -0.242. The summed E-state index contributed by atoms with van der Waals surface area (Å²) in [6, 6.07) is 0. The lowest BCUT2D eigenvalue weighted by molar-refractivity contribution is -0.136. The van der Waals surface area contributed by atoms with Gasteiger partial charge in [-0.2, -0.15) is 0 Å². The second-order valence-corrected chi connectivity index (χ2v) is 5.55. The van der Waals surface area contributed by atoms with Crippen LogP contribution in [0.5, 0.6) is 0 Å². The van der Waals surface area contributed by atoms with Gasteiger partial charge in [0.2, 0.25) is 10.0 Å². The molecular formula is C8H17NO5S. The molecular weight excluding hydrogens is 222 g/mol. The van der Waals surface area contributed by atoms with Crippen LogP contribution in [0, 0.1) is 0 Å². The number of nitrogens with zero attached hydrogens (tertiary/aromatic N) is 1. The largest absolute Gasteiger partial charge is 0.480 e. The highest BCUT2D eigenvalue weighted by atomic mass is 32.2. The fraction of sp³-hybridized carbons (Fsp3) is 0.875. The van der Waals surface area contributed by atoms with Crippen LogP contribution in [0.3, 0.4) is 0 Å². The van der Waals surface area contributed by atoms with Crippen molar-refractivity contribution in [3.05, 3.63) is 0 Å². The van der Waals surface area contributed by atoms with E-state index in [1.165, 1.54) is 14.2 Å². The number of rotatable bonds is 7. The van der Waals surface area contributed by atoms with Crippen LogP contribution in [0.15, 0.2) is 0 Å². The maximum absolute atomic E-state index is 11.6. The zero-order valence-electron chi connectivity index (χ0n) is 9.13. The van der Waals surface area contributed by atoms with Crippen molar-refractivity contribution in [3.63, 3.8) is 0 Å². The molecule has 15 heavy (non-hydrogen) atoms.